The van der Waals surface area contributed by atoms with Crippen molar-refractivity contribution in [2.45, 2.75) is 13.0 Å². The molecular formula is C19H21FN2O5S. The van der Waals surface area contributed by atoms with Crippen molar-refractivity contribution in [1.82, 2.24) is 5.32 Å². The number of methoxy groups -OCH3 is 1. The predicted octanol–water partition coefficient (Wildman–Crippen LogP) is 2.50. The Labute approximate surface area is 163 Å². The van der Waals surface area contributed by atoms with Crippen LogP contribution in [-0.2, 0) is 14.8 Å². The van der Waals surface area contributed by atoms with E-state index in [0.29, 0.717) is 5.56 Å². The van der Waals surface area contributed by atoms with E-state index in [-0.39, 0.29) is 22.6 Å². The highest BCUT2D eigenvalue weighted by molar-refractivity contribution is 7.92. The largest absolute Gasteiger partial charge is 0.465 e. The lowest BCUT2D eigenvalue weighted by atomic mass is 10.1. The molecule has 1 amide bonds. The SMILES string of the molecule is COC(=O)c1cc(C(=O)NC(C)c2ccc(F)cc2)cc(N(C)S(C)(=O)=O)c1. The summed E-state index contributed by atoms with van der Waals surface area (Å²) < 4.78 is 42.4. The molecule has 9 heteroatoms. The summed E-state index contributed by atoms with van der Waals surface area (Å²) in [5.74, 6) is -1.61. The first-order valence-electron chi connectivity index (χ1n) is 8.26. The van der Waals surface area contributed by atoms with Crippen LogP contribution < -0.4 is 9.62 Å². The lowest BCUT2D eigenvalue weighted by molar-refractivity contribution is 0.0600. The number of benzene rings is 2. The van der Waals surface area contributed by atoms with Crippen LogP contribution in [0.3, 0.4) is 0 Å². The Balaban J connectivity index is 2.38. The number of halogens is 1. The first-order chi connectivity index (χ1) is 13.0. The van der Waals surface area contributed by atoms with E-state index in [2.05, 4.69) is 10.1 Å². The summed E-state index contributed by atoms with van der Waals surface area (Å²) >= 11 is 0. The van der Waals surface area contributed by atoms with Gasteiger partial charge in [0.1, 0.15) is 5.82 Å². The van der Waals surface area contributed by atoms with Crippen molar-refractivity contribution in [1.29, 1.82) is 0 Å². The topological polar surface area (TPSA) is 92.8 Å². The van der Waals surface area contributed by atoms with Gasteiger partial charge in [0, 0.05) is 12.6 Å². The van der Waals surface area contributed by atoms with Gasteiger partial charge < -0.3 is 10.1 Å². The molecule has 0 heterocycles. The number of nitrogens with zero attached hydrogens (tertiary/aromatic N) is 1. The maximum absolute atomic E-state index is 13.1. The summed E-state index contributed by atoms with van der Waals surface area (Å²) in [5, 5.41) is 2.74. The number of esters is 1. The van der Waals surface area contributed by atoms with Crippen LogP contribution in [0.5, 0.6) is 0 Å². The number of hydrogen-bond donors (Lipinski definition) is 1. The molecule has 150 valence electrons. The van der Waals surface area contributed by atoms with Crippen molar-refractivity contribution >= 4 is 27.6 Å². The van der Waals surface area contributed by atoms with Gasteiger partial charge in [-0.3, -0.25) is 9.10 Å². The van der Waals surface area contributed by atoms with Crippen LogP contribution in [0.15, 0.2) is 42.5 Å². The number of carbonyl (C=O) groups excluding carboxylic acids is 2. The number of amides is 1. The highest BCUT2D eigenvalue weighted by Crippen LogP contribution is 2.22. The van der Waals surface area contributed by atoms with Crippen LogP contribution in [0.4, 0.5) is 10.1 Å². The summed E-state index contributed by atoms with van der Waals surface area (Å²) in [4.78, 5) is 24.6. The third kappa shape index (κ3) is 5.07. The van der Waals surface area contributed by atoms with Gasteiger partial charge in [0.25, 0.3) is 5.91 Å². The quantitative estimate of drug-likeness (QED) is 0.742. The molecule has 1 atom stereocenters. The monoisotopic (exact) mass is 408 g/mol. The Bertz CT molecular complexity index is 990. The zero-order valence-corrected chi connectivity index (χ0v) is 16.7. The minimum Gasteiger partial charge on any atom is -0.465 e. The first kappa shape index (κ1) is 21.4. The molecule has 0 radical (unpaired) electrons. The second-order valence-corrected chi connectivity index (χ2v) is 8.25. The van der Waals surface area contributed by atoms with Gasteiger partial charge in [-0.25, -0.2) is 17.6 Å². The molecule has 0 aliphatic heterocycles. The Kier molecular flexibility index (Phi) is 6.40. The number of anilines is 1. The molecule has 0 spiro atoms. The highest BCUT2D eigenvalue weighted by Gasteiger charge is 2.20. The van der Waals surface area contributed by atoms with Crippen LogP contribution in [-0.4, -0.2) is 40.7 Å². The standard InChI is InChI=1S/C19H21FN2O5S/c1-12(13-5-7-16(20)8-6-13)21-18(23)14-9-15(19(24)27-3)11-17(10-14)22(2)28(4,25)26/h5-12H,1-4H3,(H,21,23). The molecule has 1 unspecified atom stereocenters. The molecule has 0 aliphatic carbocycles. The highest BCUT2D eigenvalue weighted by atomic mass is 32.2. The fraction of sp³-hybridized carbons (Fsp3) is 0.263. The molecule has 0 bridgehead atoms. The zero-order valence-electron chi connectivity index (χ0n) is 15.9. The molecule has 28 heavy (non-hydrogen) atoms. The number of ether oxygens (including phenoxy) is 1. The van der Waals surface area contributed by atoms with Crippen molar-refractivity contribution in [2.75, 3.05) is 24.7 Å². The van der Waals surface area contributed by atoms with Crippen LogP contribution in [0, 0.1) is 5.82 Å². The molecule has 1 N–H and O–H groups in total. The predicted molar refractivity (Wildman–Crippen MR) is 103 cm³/mol. The van der Waals surface area contributed by atoms with E-state index in [4.69, 9.17) is 0 Å². The van der Waals surface area contributed by atoms with Crippen molar-refractivity contribution in [2.24, 2.45) is 0 Å². The van der Waals surface area contributed by atoms with Gasteiger partial charge >= 0.3 is 5.97 Å². The summed E-state index contributed by atoms with van der Waals surface area (Å²) in [6.07, 6.45) is 1.01. The number of rotatable bonds is 6. The van der Waals surface area contributed by atoms with Crippen molar-refractivity contribution in [3.63, 3.8) is 0 Å². The zero-order chi connectivity index (χ0) is 21.1. The average molecular weight is 408 g/mol. The number of sulfonamides is 1. The van der Waals surface area contributed by atoms with E-state index in [1.807, 2.05) is 0 Å². The maximum Gasteiger partial charge on any atom is 0.337 e. The second-order valence-electron chi connectivity index (χ2n) is 6.24. The second kappa shape index (κ2) is 8.39. The molecule has 0 fully saturated rings. The van der Waals surface area contributed by atoms with E-state index in [1.165, 1.54) is 44.5 Å². The maximum atomic E-state index is 13.1. The van der Waals surface area contributed by atoms with Gasteiger partial charge in [-0.1, -0.05) is 12.1 Å². The van der Waals surface area contributed by atoms with Crippen LogP contribution in [0.2, 0.25) is 0 Å². The molecule has 0 saturated heterocycles. The Hall–Kier alpha value is -2.94. The molecule has 2 aromatic carbocycles. The van der Waals surface area contributed by atoms with E-state index < -0.39 is 27.9 Å². The molecular weight excluding hydrogens is 387 g/mol. The minimum absolute atomic E-state index is 0.0371. The average Bonchev–Trinajstić information content (AvgIpc) is 2.65. The molecule has 7 nitrogen and oxygen atoms in total. The molecule has 2 rings (SSSR count). The fourth-order valence-corrected chi connectivity index (χ4v) is 2.95. The Morgan fingerprint density at radius 1 is 1.11 bits per heavy atom. The van der Waals surface area contributed by atoms with Gasteiger partial charge in [-0.2, -0.15) is 0 Å². The smallest absolute Gasteiger partial charge is 0.337 e. The lowest BCUT2D eigenvalue weighted by Gasteiger charge is -2.19. The normalized spacial score (nSPS) is 12.2. The summed E-state index contributed by atoms with van der Waals surface area (Å²) in [6.45, 7) is 1.72. The summed E-state index contributed by atoms with van der Waals surface area (Å²) in [7, 11) is -1.10. The number of carbonyl (C=O) groups is 2. The summed E-state index contributed by atoms with van der Waals surface area (Å²) in [5.41, 5.74) is 0.954. The Morgan fingerprint density at radius 2 is 1.68 bits per heavy atom. The molecule has 0 aliphatic rings. The number of hydrogen-bond acceptors (Lipinski definition) is 5. The Morgan fingerprint density at radius 3 is 2.21 bits per heavy atom. The number of nitrogens with one attached hydrogen (secondary N) is 1. The van der Waals surface area contributed by atoms with Crippen molar-refractivity contribution in [3.8, 4) is 0 Å². The third-order valence-electron chi connectivity index (χ3n) is 4.18. The van der Waals surface area contributed by atoms with Gasteiger partial charge in [0.15, 0.2) is 0 Å². The minimum atomic E-state index is -3.60. The van der Waals surface area contributed by atoms with Gasteiger partial charge in [0.2, 0.25) is 10.0 Å². The molecule has 2 aromatic rings. The lowest BCUT2D eigenvalue weighted by Crippen LogP contribution is -2.28. The van der Waals surface area contributed by atoms with Gasteiger partial charge in [0.05, 0.1) is 30.7 Å². The van der Waals surface area contributed by atoms with E-state index in [1.54, 1.807) is 19.1 Å². The van der Waals surface area contributed by atoms with Gasteiger partial charge in [-0.05, 0) is 42.8 Å². The van der Waals surface area contributed by atoms with Crippen molar-refractivity contribution in [3.05, 3.63) is 65.0 Å². The van der Waals surface area contributed by atoms with E-state index in [0.717, 1.165) is 10.6 Å². The van der Waals surface area contributed by atoms with E-state index in [9.17, 15) is 22.4 Å². The van der Waals surface area contributed by atoms with E-state index >= 15 is 0 Å². The van der Waals surface area contributed by atoms with Crippen LogP contribution in [0.1, 0.15) is 39.2 Å². The first-order valence-corrected chi connectivity index (χ1v) is 10.1. The van der Waals surface area contributed by atoms with Gasteiger partial charge in [-0.15, -0.1) is 0 Å². The summed E-state index contributed by atoms with van der Waals surface area (Å²) in [6, 6.07) is 9.24. The molecule has 0 aromatic heterocycles. The molecule has 0 saturated carbocycles. The fourth-order valence-electron chi connectivity index (χ4n) is 2.47. The third-order valence-corrected chi connectivity index (χ3v) is 5.39. The van der Waals surface area contributed by atoms with Crippen LogP contribution in [0.25, 0.3) is 0 Å². The van der Waals surface area contributed by atoms with Crippen LogP contribution >= 0.6 is 0 Å². The van der Waals surface area contributed by atoms with Crippen molar-refractivity contribution < 1.29 is 27.1 Å².